The summed E-state index contributed by atoms with van der Waals surface area (Å²) < 4.78 is 48.0. The van der Waals surface area contributed by atoms with Crippen LogP contribution in [0.5, 0.6) is 0 Å². The highest BCUT2D eigenvalue weighted by molar-refractivity contribution is 7.71. The molecule has 1 fully saturated rings. The fraction of sp³-hybridized carbons (Fsp3) is 0.550. The standard InChI is InChI=1S/C20H26F3N5O2S/c1-26(11-14-4-6-15(7-5-14)20(21,22)23)13-28-19(31)27(12-16-3-2-10-30-16)18(25-28)9-8-17(24)29/h4-7,16H,2-3,8-13H2,1H3,(H2,24,29). The van der Waals surface area contributed by atoms with Crippen molar-refractivity contribution in [3.8, 4) is 0 Å². The smallest absolute Gasteiger partial charge is 0.376 e. The van der Waals surface area contributed by atoms with Crippen molar-refractivity contribution in [1.82, 2.24) is 19.2 Å². The minimum Gasteiger partial charge on any atom is -0.376 e. The van der Waals surface area contributed by atoms with Gasteiger partial charge in [0.05, 0.1) is 24.9 Å². The van der Waals surface area contributed by atoms with Crippen LogP contribution in [0.2, 0.25) is 0 Å². The quantitative estimate of drug-likeness (QED) is 0.586. The molecule has 1 saturated heterocycles. The molecule has 2 heterocycles. The number of carbonyl (C=O) groups is 1. The van der Waals surface area contributed by atoms with Crippen LogP contribution in [-0.4, -0.2) is 44.9 Å². The van der Waals surface area contributed by atoms with Gasteiger partial charge in [0.2, 0.25) is 5.91 Å². The molecular formula is C20H26F3N5O2S. The number of halogens is 3. The van der Waals surface area contributed by atoms with E-state index in [-0.39, 0.29) is 12.5 Å². The van der Waals surface area contributed by atoms with E-state index in [1.54, 1.807) is 4.68 Å². The molecule has 1 aromatic heterocycles. The summed E-state index contributed by atoms with van der Waals surface area (Å²) >= 11 is 5.61. The lowest BCUT2D eigenvalue weighted by molar-refractivity contribution is -0.137. The predicted molar refractivity (Wildman–Crippen MR) is 110 cm³/mol. The van der Waals surface area contributed by atoms with Crippen molar-refractivity contribution in [2.45, 2.75) is 57.7 Å². The first-order valence-corrected chi connectivity index (χ1v) is 10.5. The predicted octanol–water partition coefficient (Wildman–Crippen LogP) is 3.12. The third kappa shape index (κ3) is 6.37. The SMILES string of the molecule is CN(Cc1ccc(C(F)(F)F)cc1)Cn1nc(CCC(N)=O)n(CC2CCCO2)c1=S. The van der Waals surface area contributed by atoms with Gasteiger partial charge in [-0.1, -0.05) is 12.1 Å². The molecular weight excluding hydrogens is 431 g/mol. The van der Waals surface area contributed by atoms with Crippen LogP contribution in [0.1, 0.15) is 36.2 Å². The largest absolute Gasteiger partial charge is 0.416 e. The van der Waals surface area contributed by atoms with Crippen LogP contribution in [0.15, 0.2) is 24.3 Å². The normalized spacial score (nSPS) is 16.9. The van der Waals surface area contributed by atoms with Crippen LogP contribution >= 0.6 is 12.2 Å². The number of hydrogen-bond donors (Lipinski definition) is 1. The fourth-order valence-electron chi connectivity index (χ4n) is 3.56. The van der Waals surface area contributed by atoms with Crippen LogP contribution in [0.4, 0.5) is 13.2 Å². The van der Waals surface area contributed by atoms with Crippen LogP contribution in [-0.2, 0) is 41.9 Å². The highest BCUT2D eigenvalue weighted by Gasteiger charge is 2.30. The number of rotatable bonds is 9. The number of benzene rings is 1. The maximum absolute atomic E-state index is 12.7. The molecule has 1 amide bonds. The Morgan fingerprint density at radius 2 is 2.06 bits per heavy atom. The monoisotopic (exact) mass is 457 g/mol. The number of amides is 1. The van der Waals surface area contributed by atoms with Gasteiger partial charge in [-0.25, -0.2) is 4.68 Å². The molecule has 0 aliphatic carbocycles. The number of aryl methyl sites for hydroxylation is 1. The second-order valence-corrected chi connectivity index (χ2v) is 8.13. The van der Waals surface area contributed by atoms with E-state index in [4.69, 9.17) is 22.7 Å². The lowest BCUT2D eigenvalue weighted by Crippen LogP contribution is -2.23. The molecule has 11 heteroatoms. The van der Waals surface area contributed by atoms with Gasteiger partial charge in [-0.2, -0.15) is 18.3 Å². The van der Waals surface area contributed by atoms with E-state index in [1.807, 2.05) is 16.5 Å². The zero-order chi connectivity index (χ0) is 22.6. The molecule has 0 saturated carbocycles. The molecule has 1 aromatic carbocycles. The molecule has 170 valence electrons. The first kappa shape index (κ1) is 23.4. The van der Waals surface area contributed by atoms with Crippen LogP contribution < -0.4 is 5.73 Å². The van der Waals surface area contributed by atoms with Gasteiger partial charge in [-0.15, -0.1) is 0 Å². The average Bonchev–Trinajstić information content (AvgIpc) is 3.30. The van der Waals surface area contributed by atoms with Gasteiger partial charge < -0.3 is 15.0 Å². The van der Waals surface area contributed by atoms with Crippen molar-refractivity contribution in [2.24, 2.45) is 5.73 Å². The average molecular weight is 458 g/mol. The van der Waals surface area contributed by atoms with Gasteiger partial charge in [-0.3, -0.25) is 9.69 Å². The van der Waals surface area contributed by atoms with E-state index < -0.39 is 17.6 Å². The third-order valence-corrected chi connectivity index (χ3v) is 5.54. The first-order valence-electron chi connectivity index (χ1n) is 10.0. The summed E-state index contributed by atoms with van der Waals surface area (Å²) in [6.45, 7) is 2.06. The molecule has 31 heavy (non-hydrogen) atoms. The maximum atomic E-state index is 12.7. The van der Waals surface area contributed by atoms with Crippen molar-refractivity contribution < 1.29 is 22.7 Å². The fourth-order valence-corrected chi connectivity index (χ4v) is 3.84. The van der Waals surface area contributed by atoms with Gasteiger partial charge in [0.15, 0.2) is 4.77 Å². The maximum Gasteiger partial charge on any atom is 0.416 e. The number of aromatic nitrogens is 3. The Bertz CT molecular complexity index is 949. The molecule has 1 unspecified atom stereocenters. The molecule has 1 aliphatic heterocycles. The summed E-state index contributed by atoms with van der Waals surface area (Å²) in [5, 5.41) is 4.57. The van der Waals surface area contributed by atoms with E-state index in [0.29, 0.717) is 36.8 Å². The van der Waals surface area contributed by atoms with Crippen molar-refractivity contribution in [2.75, 3.05) is 13.7 Å². The molecule has 7 nitrogen and oxygen atoms in total. The number of carbonyl (C=O) groups excluding carboxylic acids is 1. The highest BCUT2D eigenvalue weighted by Crippen LogP contribution is 2.29. The number of alkyl halides is 3. The summed E-state index contributed by atoms with van der Waals surface area (Å²) in [4.78, 5) is 13.1. The van der Waals surface area contributed by atoms with Crippen LogP contribution in [0.25, 0.3) is 0 Å². The molecule has 1 atom stereocenters. The zero-order valence-corrected chi connectivity index (χ0v) is 18.1. The van der Waals surface area contributed by atoms with Gasteiger partial charge >= 0.3 is 6.18 Å². The number of nitrogens with two attached hydrogens (primary N) is 1. The first-order chi connectivity index (χ1) is 14.6. The minimum atomic E-state index is -4.35. The Labute approximate surface area is 183 Å². The van der Waals surface area contributed by atoms with Gasteiger partial charge in [0.1, 0.15) is 5.82 Å². The lowest BCUT2D eigenvalue weighted by Gasteiger charge is -2.17. The van der Waals surface area contributed by atoms with E-state index in [1.165, 1.54) is 12.1 Å². The lowest BCUT2D eigenvalue weighted by atomic mass is 10.1. The molecule has 2 N–H and O–H groups in total. The Kier molecular flexibility index (Phi) is 7.50. The molecule has 2 aromatic rings. The van der Waals surface area contributed by atoms with Gasteiger partial charge in [0, 0.05) is 26.0 Å². The number of ether oxygens (including phenoxy) is 1. The molecule has 3 rings (SSSR count). The molecule has 0 spiro atoms. The number of hydrogen-bond acceptors (Lipinski definition) is 5. The van der Waals surface area contributed by atoms with Crippen molar-refractivity contribution in [1.29, 1.82) is 0 Å². The summed E-state index contributed by atoms with van der Waals surface area (Å²) in [7, 11) is 1.83. The van der Waals surface area contributed by atoms with Crippen molar-refractivity contribution in [3.63, 3.8) is 0 Å². The Hall–Kier alpha value is -2.24. The number of nitrogens with zero attached hydrogens (tertiary/aromatic N) is 4. The summed E-state index contributed by atoms with van der Waals surface area (Å²) in [5.41, 5.74) is 5.36. The summed E-state index contributed by atoms with van der Waals surface area (Å²) in [6, 6.07) is 5.08. The van der Waals surface area contributed by atoms with E-state index in [9.17, 15) is 18.0 Å². The van der Waals surface area contributed by atoms with Gasteiger partial charge in [0.25, 0.3) is 0 Å². The molecule has 1 aliphatic rings. The minimum absolute atomic E-state index is 0.0570. The van der Waals surface area contributed by atoms with Crippen LogP contribution in [0, 0.1) is 4.77 Å². The molecule has 0 radical (unpaired) electrons. The second kappa shape index (κ2) is 9.92. The third-order valence-electron chi connectivity index (χ3n) is 5.11. The van der Waals surface area contributed by atoms with Crippen LogP contribution in [0.3, 0.4) is 0 Å². The van der Waals surface area contributed by atoms with E-state index >= 15 is 0 Å². The Morgan fingerprint density at radius 3 is 2.65 bits per heavy atom. The second-order valence-electron chi connectivity index (χ2n) is 7.76. The number of primary amides is 1. The molecule has 0 bridgehead atoms. The summed E-state index contributed by atoms with van der Waals surface area (Å²) in [5.74, 6) is 0.255. The topological polar surface area (TPSA) is 78.3 Å². The Morgan fingerprint density at radius 1 is 1.35 bits per heavy atom. The van der Waals surface area contributed by atoms with Crippen molar-refractivity contribution in [3.05, 3.63) is 46.0 Å². The summed E-state index contributed by atoms with van der Waals surface area (Å²) in [6.07, 6.45) is -1.81. The highest BCUT2D eigenvalue weighted by atomic mass is 32.1. The Balaban J connectivity index is 1.71. The van der Waals surface area contributed by atoms with Crippen molar-refractivity contribution >= 4 is 18.1 Å². The zero-order valence-electron chi connectivity index (χ0n) is 17.3. The van der Waals surface area contributed by atoms with E-state index in [0.717, 1.165) is 37.1 Å². The van der Waals surface area contributed by atoms with E-state index in [2.05, 4.69) is 5.10 Å². The van der Waals surface area contributed by atoms with Gasteiger partial charge in [-0.05, 0) is 49.8 Å².